The minimum atomic E-state index is -0.483. The fourth-order valence-corrected chi connectivity index (χ4v) is 1.82. The Morgan fingerprint density at radius 3 is 2.57 bits per heavy atom. The first kappa shape index (κ1) is 16.0. The van der Waals surface area contributed by atoms with Gasteiger partial charge in [-0.1, -0.05) is 42.2 Å². The monoisotopic (exact) mass is 306 g/mol. The first-order valence-electron chi connectivity index (χ1n) is 6.90. The molecule has 0 saturated heterocycles. The van der Waals surface area contributed by atoms with Gasteiger partial charge in [0.1, 0.15) is 0 Å². The summed E-state index contributed by atoms with van der Waals surface area (Å²) in [5.74, 6) is 5.40. The highest BCUT2D eigenvalue weighted by Crippen LogP contribution is 2.18. The van der Waals surface area contributed by atoms with Crippen LogP contribution in [0.25, 0.3) is 6.08 Å². The second kappa shape index (κ2) is 8.15. The first-order chi connectivity index (χ1) is 11.2. The van der Waals surface area contributed by atoms with Gasteiger partial charge in [0, 0.05) is 17.7 Å². The molecule has 0 aliphatic carbocycles. The summed E-state index contributed by atoms with van der Waals surface area (Å²) in [6.07, 6.45) is 2.67. The summed E-state index contributed by atoms with van der Waals surface area (Å²) in [6.45, 7) is 0.203. The highest BCUT2D eigenvalue weighted by atomic mass is 16.6. The van der Waals surface area contributed by atoms with Crippen molar-refractivity contribution in [1.29, 1.82) is 0 Å². The predicted octanol–water partition coefficient (Wildman–Crippen LogP) is 2.78. The lowest BCUT2D eigenvalue weighted by molar-refractivity contribution is -0.385. The van der Waals surface area contributed by atoms with Gasteiger partial charge in [-0.15, -0.1) is 0 Å². The molecule has 1 N–H and O–H groups in total. The average Bonchev–Trinajstić information content (AvgIpc) is 2.58. The van der Waals surface area contributed by atoms with E-state index in [0.29, 0.717) is 5.56 Å². The minimum absolute atomic E-state index is 0.0413. The number of nitro benzene ring substituents is 1. The van der Waals surface area contributed by atoms with Crippen molar-refractivity contribution in [1.82, 2.24) is 5.32 Å². The van der Waals surface area contributed by atoms with Crippen LogP contribution < -0.4 is 5.32 Å². The summed E-state index contributed by atoms with van der Waals surface area (Å²) >= 11 is 0. The fraction of sp³-hybridized carbons (Fsp3) is 0.0556. The van der Waals surface area contributed by atoms with E-state index in [-0.39, 0.29) is 18.1 Å². The number of amides is 1. The molecule has 0 bridgehead atoms. The highest BCUT2D eigenvalue weighted by Gasteiger charge is 2.09. The topological polar surface area (TPSA) is 72.2 Å². The van der Waals surface area contributed by atoms with Crippen molar-refractivity contribution in [2.24, 2.45) is 0 Å². The second-order valence-electron chi connectivity index (χ2n) is 4.53. The molecule has 5 heteroatoms. The second-order valence-corrected chi connectivity index (χ2v) is 4.53. The third-order valence-corrected chi connectivity index (χ3v) is 2.91. The van der Waals surface area contributed by atoms with Crippen LogP contribution in [0.1, 0.15) is 11.1 Å². The van der Waals surface area contributed by atoms with Gasteiger partial charge in [0.25, 0.3) is 5.69 Å². The van der Waals surface area contributed by atoms with Gasteiger partial charge >= 0.3 is 0 Å². The van der Waals surface area contributed by atoms with Gasteiger partial charge in [0.15, 0.2) is 0 Å². The van der Waals surface area contributed by atoms with Gasteiger partial charge in [-0.05, 0) is 24.3 Å². The van der Waals surface area contributed by atoms with E-state index < -0.39 is 4.92 Å². The number of nitro groups is 1. The molecular weight excluding hydrogens is 292 g/mol. The van der Waals surface area contributed by atoms with Crippen molar-refractivity contribution in [2.75, 3.05) is 6.54 Å². The Kier molecular flexibility index (Phi) is 5.67. The number of para-hydroxylation sites is 1. The number of hydrogen-bond donors (Lipinski definition) is 1. The largest absolute Gasteiger partial charge is 0.342 e. The van der Waals surface area contributed by atoms with Crippen LogP contribution >= 0.6 is 0 Å². The Hall–Kier alpha value is -3.39. The number of nitrogens with one attached hydrogen (secondary N) is 1. The molecule has 0 aromatic heterocycles. The Morgan fingerprint density at radius 2 is 1.83 bits per heavy atom. The first-order valence-corrected chi connectivity index (χ1v) is 6.90. The number of nitrogens with zero attached hydrogens (tertiary/aromatic N) is 1. The number of hydrogen-bond acceptors (Lipinski definition) is 3. The molecule has 0 aliphatic rings. The number of rotatable bonds is 4. The third-order valence-electron chi connectivity index (χ3n) is 2.91. The van der Waals surface area contributed by atoms with E-state index in [1.807, 2.05) is 30.3 Å². The summed E-state index contributed by atoms with van der Waals surface area (Å²) in [4.78, 5) is 22.1. The zero-order chi connectivity index (χ0) is 16.5. The third kappa shape index (κ3) is 5.14. The fourth-order valence-electron chi connectivity index (χ4n) is 1.82. The van der Waals surface area contributed by atoms with Crippen molar-refractivity contribution in [3.63, 3.8) is 0 Å². The van der Waals surface area contributed by atoms with Crippen LogP contribution in [0.15, 0.2) is 60.7 Å². The Morgan fingerprint density at radius 1 is 1.13 bits per heavy atom. The van der Waals surface area contributed by atoms with E-state index in [0.717, 1.165) is 5.56 Å². The standard InChI is InChI=1S/C18H14N2O3/c21-18(19-14-6-9-15-7-2-1-3-8-15)13-12-16-10-4-5-11-17(16)20(22)23/h1-5,7-8,10-13H,14H2,(H,19,21)/b13-12+. The van der Waals surface area contributed by atoms with Crippen molar-refractivity contribution in [3.8, 4) is 11.8 Å². The normalized spacial score (nSPS) is 9.91. The van der Waals surface area contributed by atoms with Crippen LogP contribution in [0, 0.1) is 22.0 Å². The summed E-state index contributed by atoms with van der Waals surface area (Å²) in [5, 5.41) is 13.5. The molecule has 2 rings (SSSR count). The van der Waals surface area contributed by atoms with Crippen molar-refractivity contribution >= 4 is 17.7 Å². The highest BCUT2D eigenvalue weighted by molar-refractivity contribution is 5.92. The minimum Gasteiger partial charge on any atom is -0.342 e. The molecule has 0 atom stereocenters. The summed E-state index contributed by atoms with van der Waals surface area (Å²) < 4.78 is 0. The molecule has 0 radical (unpaired) electrons. The van der Waals surface area contributed by atoms with Crippen LogP contribution in [-0.4, -0.2) is 17.4 Å². The van der Waals surface area contributed by atoms with Crippen LogP contribution in [0.3, 0.4) is 0 Å². The van der Waals surface area contributed by atoms with Crippen molar-refractivity contribution in [3.05, 3.63) is 81.9 Å². The molecule has 0 heterocycles. The Labute approximate surface area is 133 Å². The zero-order valence-corrected chi connectivity index (χ0v) is 12.2. The maximum Gasteiger partial charge on any atom is 0.276 e. The average molecular weight is 306 g/mol. The maximum absolute atomic E-state index is 11.7. The molecule has 0 unspecified atom stereocenters. The van der Waals surface area contributed by atoms with E-state index in [4.69, 9.17) is 0 Å². The lowest BCUT2D eigenvalue weighted by Gasteiger charge is -1.97. The molecule has 0 spiro atoms. The van der Waals surface area contributed by atoms with Crippen molar-refractivity contribution in [2.45, 2.75) is 0 Å². The van der Waals surface area contributed by atoms with E-state index in [1.54, 1.807) is 18.2 Å². The van der Waals surface area contributed by atoms with Gasteiger partial charge < -0.3 is 5.32 Å². The molecule has 2 aromatic rings. The summed E-state index contributed by atoms with van der Waals surface area (Å²) in [5.41, 5.74) is 1.21. The molecule has 0 fully saturated rings. The van der Waals surface area contributed by atoms with Crippen LogP contribution in [0.2, 0.25) is 0 Å². The molecule has 5 nitrogen and oxygen atoms in total. The molecule has 0 aliphatic heterocycles. The number of carbonyl (C=O) groups is 1. The molecule has 23 heavy (non-hydrogen) atoms. The van der Waals surface area contributed by atoms with E-state index in [9.17, 15) is 14.9 Å². The Bertz CT molecular complexity index is 787. The molecule has 0 saturated carbocycles. The SMILES string of the molecule is O=C(/C=C/c1ccccc1[N+](=O)[O-])NCC#Cc1ccccc1. The van der Waals surface area contributed by atoms with E-state index in [2.05, 4.69) is 17.2 Å². The maximum atomic E-state index is 11.7. The smallest absolute Gasteiger partial charge is 0.276 e. The molecule has 114 valence electrons. The van der Waals surface area contributed by atoms with Gasteiger partial charge in [0.2, 0.25) is 5.91 Å². The van der Waals surface area contributed by atoms with Gasteiger partial charge in [-0.25, -0.2) is 0 Å². The lowest BCUT2D eigenvalue weighted by atomic mass is 10.1. The number of carbonyl (C=O) groups excluding carboxylic acids is 1. The molecule has 1 amide bonds. The van der Waals surface area contributed by atoms with Crippen LogP contribution in [-0.2, 0) is 4.79 Å². The lowest BCUT2D eigenvalue weighted by Crippen LogP contribution is -2.20. The quantitative estimate of drug-likeness (QED) is 0.408. The van der Waals surface area contributed by atoms with Gasteiger partial charge in [-0.2, -0.15) is 0 Å². The zero-order valence-electron chi connectivity index (χ0n) is 12.2. The van der Waals surface area contributed by atoms with Crippen molar-refractivity contribution < 1.29 is 9.72 Å². The molecule has 2 aromatic carbocycles. The number of benzene rings is 2. The summed E-state index contributed by atoms with van der Waals surface area (Å²) in [6, 6.07) is 15.7. The van der Waals surface area contributed by atoms with Crippen LogP contribution in [0.4, 0.5) is 5.69 Å². The Balaban J connectivity index is 1.91. The van der Waals surface area contributed by atoms with Crippen LogP contribution in [0.5, 0.6) is 0 Å². The predicted molar refractivity (Wildman–Crippen MR) is 88.5 cm³/mol. The molecular formula is C18H14N2O3. The van der Waals surface area contributed by atoms with Gasteiger partial charge in [0.05, 0.1) is 17.0 Å². The summed E-state index contributed by atoms with van der Waals surface area (Å²) in [7, 11) is 0. The van der Waals surface area contributed by atoms with E-state index >= 15 is 0 Å². The van der Waals surface area contributed by atoms with E-state index in [1.165, 1.54) is 18.2 Å². The van der Waals surface area contributed by atoms with Gasteiger partial charge in [-0.3, -0.25) is 14.9 Å².